The number of aliphatic imine (C=N–C) groups is 1. The van der Waals surface area contributed by atoms with E-state index in [9.17, 15) is 0 Å². The molecule has 0 amide bonds. The van der Waals surface area contributed by atoms with Crippen molar-refractivity contribution in [1.82, 2.24) is 10.3 Å². The number of nitrogens with zero attached hydrogens (tertiary/aromatic N) is 1. The summed E-state index contributed by atoms with van der Waals surface area (Å²) in [6.45, 7) is 16.7. The summed E-state index contributed by atoms with van der Waals surface area (Å²) in [7, 11) is 0. The minimum atomic E-state index is 0.381. The van der Waals surface area contributed by atoms with Crippen molar-refractivity contribution in [3.8, 4) is 0 Å². The number of aryl methyl sites for hydroxylation is 1. The van der Waals surface area contributed by atoms with Crippen LogP contribution in [0.2, 0.25) is 0 Å². The molecule has 1 aliphatic rings. The second-order valence-electron chi connectivity index (χ2n) is 6.35. The molecule has 0 unspecified atom stereocenters. The van der Waals surface area contributed by atoms with Crippen LogP contribution < -0.4 is 5.32 Å². The molecule has 21 heavy (non-hydrogen) atoms. The predicted molar refractivity (Wildman–Crippen MR) is 92.0 cm³/mol. The Morgan fingerprint density at radius 1 is 1.43 bits per heavy atom. The van der Waals surface area contributed by atoms with Crippen molar-refractivity contribution in [2.45, 2.75) is 46.6 Å². The molecule has 1 aromatic rings. The van der Waals surface area contributed by atoms with E-state index in [1.54, 1.807) is 0 Å². The van der Waals surface area contributed by atoms with Crippen LogP contribution in [0.5, 0.6) is 0 Å². The molecule has 1 heterocycles. The van der Waals surface area contributed by atoms with Crippen molar-refractivity contribution in [3.63, 3.8) is 0 Å². The number of nitrogens with one attached hydrogen (secondary N) is 2. The summed E-state index contributed by atoms with van der Waals surface area (Å²) in [4.78, 5) is 8.11. The molecule has 1 atom stereocenters. The van der Waals surface area contributed by atoms with Gasteiger partial charge in [0.15, 0.2) is 0 Å². The van der Waals surface area contributed by atoms with Crippen molar-refractivity contribution in [3.05, 3.63) is 36.7 Å². The number of aromatic amines is 1. The van der Waals surface area contributed by atoms with Gasteiger partial charge in [0.25, 0.3) is 0 Å². The molecular weight excluding hydrogens is 258 g/mol. The van der Waals surface area contributed by atoms with E-state index in [1.807, 2.05) is 12.3 Å². The fourth-order valence-corrected chi connectivity index (χ4v) is 2.22. The van der Waals surface area contributed by atoms with Crippen LogP contribution in [-0.2, 0) is 0 Å². The van der Waals surface area contributed by atoms with Crippen LogP contribution in [0.1, 0.15) is 44.9 Å². The second kappa shape index (κ2) is 6.33. The van der Waals surface area contributed by atoms with Gasteiger partial charge in [0.2, 0.25) is 0 Å². The lowest BCUT2D eigenvalue weighted by molar-refractivity contribution is 0.481. The van der Waals surface area contributed by atoms with Crippen LogP contribution in [0, 0.1) is 18.8 Å². The van der Waals surface area contributed by atoms with Gasteiger partial charge in [0.1, 0.15) is 0 Å². The Morgan fingerprint density at radius 3 is 2.62 bits per heavy atom. The van der Waals surface area contributed by atoms with E-state index in [-0.39, 0.29) is 0 Å². The molecule has 0 aliphatic heterocycles. The first-order chi connectivity index (χ1) is 9.93. The highest BCUT2D eigenvalue weighted by molar-refractivity contribution is 6.00. The molecule has 1 aromatic heterocycles. The van der Waals surface area contributed by atoms with Gasteiger partial charge in [-0.3, -0.25) is 4.99 Å². The zero-order valence-corrected chi connectivity index (χ0v) is 13.7. The van der Waals surface area contributed by atoms with E-state index in [1.165, 1.54) is 12.8 Å². The van der Waals surface area contributed by atoms with E-state index in [0.717, 1.165) is 28.4 Å². The smallest absolute Gasteiger partial charge is 0.0930 e. The maximum absolute atomic E-state index is 4.84. The monoisotopic (exact) mass is 285 g/mol. The van der Waals surface area contributed by atoms with Gasteiger partial charge in [-0.25, -0.2) is 0 Å². The quantitative estimate of drug-likeness (QED) is 0.706. The molecule has 1 saturated carbocycles. The lowest BCUT2D eigenvalue weighted by atomic mass is 10.1. The Hall–Kier alpha value is -1.77. The molecule has 0 bridgehead atoms. The van der Waals surface area contributed by atoms with Crippen LogP contribution in [0.4, 0.5) is 5.69 Å². The predicted octanol–water partition coefficient (Wildman–Crippen LogP) is 4.60. The molecule has 114 valence electrons. The van der Waals surface area contributed by atoms with Crippen LogP contribution in [0.25, 0.3) is 5.70 Å². The minimum Gasteiger partial charge on any atom is -0.382 e. The first kappa shape index (κ1) is 15.6. The van der Waals surface area contributed by atoms with Crippen molar-refractivity contribution < 1.29 is 0 Å². The van der Waals surface area contributed by atoms with Crippen LogP contribution in [-0.4, -0.2) is 16.7 Å². The number of H-pyrrole nitrogens is 1. The Morgan fingerprint density at radius 2 is 2.10 bits per heavy atom. The molecule has 1 fully saturated rings. The molecule has 3 nitrogen and oxygen atoms in total. The number of hydrogen-bond acceptors (Lipinski definition) is 2. The number of hydrogen-bond donors (Lipinski definition) is 2. The number of rotatable bonds is 7. The van der Waals surface area contributed by atoms with Gasteiger partial charge in [-0.15, -0.1) is 0 Å². The molecule has 3 heteroatoms. The van der Waals surface area contributed by atoms with E-state index < -0.39 is 0 Å². The maximum atomic E-state index is 4.84. The van der Waals surface area contributed by atoms with Crippen LogP contribution in [0.15, 0.2) is 30.4 Å². The Balaban J connectivity index is 2.25. The van der Waals surface area contributed by atoms with Gasteiger partial charge >= 0.3 is 0 Å². The molecule has 0 spiro atoms. The molecule has 1 aliphatic carbocycles. The van der Waals surface area contributed by atoms with Gasteiger partial charge in [-0.1, -0.05) is 27.0 Å². The second-order valence-corrected chi connectivity index (χ2v) is 6.35. The number of allylic oxidation sites excluding steroid dienone is 1. The summed E-state index contributed by atoms with van der Waals surface area (Å²) >= 11 is 0. The van der Waals surface area contributed by atoms with Gasteiger partial charge in [0.05, 0.1) is 5.69 Å². The molecule has 2 N–H and O–H groups in total. The molecule has 0 aromatic carbocycles. The lowest BCUT2D eigenvalue weighted by Gasteiger charge is -2.20. The summed E-state index contributed by atoms with van der Waals surface area (Å²) in [5, 5.41) is 3.48. The fourth-order valence-electron chi connectivity index (χ4n) is 2.22. The molecule has 0 radical (unpaired) electrons. The first-order valence-electron chi connectivity index (χ1n) is 7.78. The van der Waals surface area contributed by atoms with Gasteiger partial charge < -0.3 is 10.3 Å². The highest BCUT2D eigenvalue weighted by Gasteiger charge is 2.26. The summed E-state index contributed by atoms with van der Waals surface area (Å²) in [5.74, 6) is 1.16. The lowest BCUT2D eigenvalue weighted by Crippen LogP contribution is -2.28. The Kier molecular flexibility index (Phi) is 4.71. The highest BCUT2D eigenvalue weighted by Crippen LogP contribution is 2.35. The fraction of sp³-hybridized carbons (Fsp3) is 0.500. The van der Waals surface area contributed by atoms with Crippen molar-refractivity contribution >= 4 is 17.1 Å². The van der Waals surface area contributed by atoms with Gasteiger partial charge in [0, 0.05) is 40.8 Å². The molecule has 2 rings (SSSR count). The van der Waals surface area contributed by atoms with Crippen LogP contribution in [0.3, 0.4) is 0 Å². The summed E-state index contributed by atoms with van der Waals surface area (Å²) in [6, 6.07) is 0.381. The Labute approximate surface area is 128 Å². The van der Waals surface area contributed by atoms with Crippen molar-refractivity contribution in [2.75, 3.05) is 0 Å². The maximum Gasteiger partial charge on any atom is 0.0930 e. The first-order valence-corrected chi connectivity index (χ1v) is 7.78. The van der Waals surface area contributed by atoms with Gasteiger partial charge in [-0.05, 0) is 38.7 Å². The SMILES string of the molecule is C=C/C(=N\c1c(C(=C)N[C@@H](C)C(C)C)c[nH]c1C)C1CC1. The normalized spacial score (nSPS) is 16.9. The van der Waals surface area contributed by atoms with E-state index >= 15 is 0 Å². The standard InChI is InChI=1S/C18H27N3/c1-7-17(15-8-9-15)21-18-14(6)19-10-16(18)13(5)20-12(4)11(2)3/h7,10-12,15,19-20H,1,5,8-9H2,2-4,6H3/b21-17+/t12-/m0/s1. The zero-order valence-electron chi connectivity index (χ0n) is 13.7. The zero-order chi connectivity index (χ0) is 15.6. The van der Waals surface area contributed by atoms with Crippen molar-refractivity contribution in [1.29, 1.82) is 0 Å². The average molecular weight is 285 g/mol. The third-order valence-electron chi connectivity index (χ3n) is 4.22. The van der Waals surface area contributed by atoms with E-state index in [2.05, 4.69) is 51.2 Å². The third-order valence-corrected chi connectivity index (χ3v) is 4.22. The minimum absolute atomic E-state index is 0.381. The summed E-state index contributed by atoms with van der Waals surface area (Å²) < 4.78 is 0. The van der Waals surface area contributed by atoms with E-state index in [0.29, 0.717) is 17.9 Å². The molecular formula is C18H27N3. The summed E-state index contributed by atoms with van der Waals surface area (Å²) in [5.41, 5.74) is 5.15. The highest BCUT2D eigenvalue weighted by atomic mass is 14.9. The van der Waals surface area contributed by atoms with Gasteiger partial charge in [-0.2, -0.15) is 0 Å². The summed E-state index contributed by atoms with van der Waals surface area (Å²) in [6.07, 6.45) is 6.34. The molecule has 0 saturated heterocycles. The third kappa shape index (κ3) is 3.66. The Bertz CT molecular complexity index is 559. The number of aromatic nitrogens is 1. The average Bonchev–Trinajstić information content (AvgIpc) is 3.20. The van der Waals surface area contributed by atoms with E-state index in [4.69, 9.17) is 4.99 Å². The topological polar surface area (TPSA) is 40.2 Å². The van der Waals surface area contributed by atoms with Crippen molar-refractivity contribution in [2.24, 2.45) is 16.8 Å². The largest absolute Gasteiger partial charge is 0.382 e. The van der Waals surface area contributed by atoms with Crippen LogP contribution >= 0.6 is 0 Å².